The number of Topliss-reactive ketones (excluding diaryl/α,β-unsaturated/α-hetero) is 1. The first-order valence-electron chi connectivity index (χ1n) is 8.09. The number of hydrogen-bond acceptors (Lipinski definition) is 3. The molecule has 2 aromatic carbocycles. The summed E-state index contributed by atoms with van der Waals surface area (Å²) in [5.41, 5.74) is 2.80. The summed E-state index contributed by atoms with van der Waals surface area (Å²) in [6, 6.07) is 14.4. The molecule has 25 heavy (non-hydrogen) atoms. The van der Waals surface area contributed by atoms with E-state index in [2.05, 4.69) is 5.32 Å². The minimum atomic E-state index is -0.476. The quantitative estimate of drug-likeness (QED) is 0.768. The van der Waals surface area contributed by atoms with Gasteiger partial charge in [-0.3, -0.25) is 19.3 Å². The Morgan fingerprint density at radius 3 is 2.44 bits per heavy atom. The van der Waals surface area contributed by atoms with Crippen LogP contribution in [0.2, 0.25) is 0 Å². The van der Waals surface area contributed by atoms with Crippen LogP contribution < -0.4 is 15.1 Å². The summed E-state index contributed by atoms with van der Waals surface area (Å²) in [6.45, 7) is 1.08. The molecule has 6 nitrogen and oxygen atoms in total. The van der Waals surface area contributed by atoms with Crippen molar-refractivity contribution in [3.8, 4) is 0 Å². The number of nitrogens with zero attached hydrogens (tertiary/aromatic N) is 1. The molecule has 0 aliphatic carbocycles. The van der Waals surface area contributed by atoms with Crippen LogP contribution in [0.5, 0.6) is 0 Å². The van der Waals surface area contributed by atoms with E-state index >= 15 is 0 Å². The summed E-state index contributed by atoms with van der Waals surface area (Å²) in [7, 11) is 3.56. The number of benzene rings is 2. The number of fused-ring (bicyclic) bond motifs is 1. The lowest BCUT2D eigenvalue weighted by atomic mass is 10.1. The van der Waals surface area contributed by atoms with Gasteiger partial charge in [-0.1, -0.05) is 24.3 Å². The fourth-order valence-electron chi connectivity index (χ4n) is 3.00. The number of para-hydroxylation sites is 1. The second-order valence-electron chi connectivity index (χ2n) is 6.15. The Kier molecular flexibility index (Phi) is 4.63. The Bertz CT molecular complexity index is 830. The van der Waals surface area contributed by atoms with Crippen LogP contribution in [0.25, 0.3) is 0 Å². The summed E-state index contributed by atoms with van der Waals surface area (Å²) in [6.07, 6.45) is 0. The number of ketones is 1. The van der Waals surface area contributed by atoms with Gasteiger partial charge in [-0.15, -0.1) is 0 Å². The standard InChI is InChI=1S/C19H19N3O3/c1-20-18(24)14-9-7-13(8-10-14)11-21(2)12-22-16-6-4-3-5-15(16)17(23)19(22)25/h3-10H,11-12H2,1-2H3,(H,20,24)/p+1. The summed E-state index contributed by atoms with van der Waals surface area (Å²) in [4.78, 5) is 38.4. The highest BCUT2D eigenvalue weighted by Crippen LogP contribution is 2.27. The Labute approximate surface area is 146 Å². The Hall–Kier alpha value is -2.99. The molecule has 1 atom stereocenters. The topological polar surface area (TPSA) is 70.9 Å². The van der Waals surface area contributed by atoms with Gasteiger partial charge in [-0.25, -0.2) is 0 Å². The van der Waals surface area contributed by atoms with Crippen molar-refractivity contribution in [3.63, 3.8) is 0 Å². The monoisotopic (exact) mass is 338 g/mol. The third-order valence-electron chi connectivity index (χ3n) is 4.26. The van der Waals surface area contributed by atoms with Gasteiger partial charge in [0.1, 0.15) is 6.54 Å². The molecule has 0 radical (unpaired) electrons. The lowest BCUT2D eigenvalue weighted by Crippen LogP contribution is -3.09. The van der Waals surface area contributed by atoms with Gasteiger partial charge >= 0.3 is 5.91 Å². The molecule has 1 aliphatic rings. The fourth-order valence-corrected chi connectivity index (χ4v) is 3.00. The number of amides is 2. The molecule has 0 saturated carbocycles. The zero-order valence-electron chi connectivity index (χ0n) is 14.2. The smallest absolute Gasteiger partial charge is 0.303 e. The lowest BCUT2D eigenvalue weighted by Gasteiger charge is -2.21. The molecule has 0 fully saturated rings. The molecule has 2 amide bonds. The highest BCUT2D eigenvalue weighted by molar-refractivity contribution is 6.52. The van der Waals surface area contributed by atoms with Crippen molar-refractivity contribution >= 4 is 23.3 Å². The number of carbonyl (C=O) groups excluding carboxylic acids is 3. The van der Waals surface area contributed by atoms with E-state index in [4.69, 9.17) is 0 Å². The molecule has 1 aliphatic heterocycles. The second-order valence-corrected chi connectivity index (χ2v) is 6.15. The number of anilines is 1. The number of hydrogen-bond donors (Lipinski definition) is 2. The van der Waals surface area contributed by atoms with Gasteiger partial charge in [0.25, 0.3) is 11.7 Å². The van der Waals surface area contributed by atoms with Crippen molar-refractivity contribution in [3.05, 3.63) is 65.2 Å². The first kappa shape index (κ1) is 16.9. The predicted molar refractivity (Wildman–Crippen MR) is 93.5 cm³/mol. The number of nitrogens with one attached hydrogen (secondary N) is 2. The van der Waals surface area contributed by atoms with Crippen molar-refractivity contribution in [1.82, 2.24) is 5.32 Å². The average molecular weight is 338 g/mol. The molecule has 2 aromatic rings. The molecule has 2 N–H and O–H groups in total. The molecule has 1 heterocycles. The van der Waals surface area contributed by atoms with Crippen LogP contribution in [0.4, 0.5) is 5.69 Å². The lowest BCUT2D eigenvalue weighted by molar-refractivity contribution is -0.892. The summed E-state index contributed by atoms with van der Waals surface area (Å²) in [5, 5.41) is 2.59. The van der Waals surface area contributed by atoms with E-state index in [1.54, 1.807) is 37.4 Å². The SMILES string of the molecule is CNC(=O)c1ccc(C[NH+](C)CN2C(=O)C(=O)c3ccccc32)cc1. The van der Waals surface area contributed by atoms with Gasteiger partial charge < -0.3 is 10.2 Å². The van der Waals surface area contributed by atoms with Crippen LogP contribution in [-0.4, -0.2) is 38.4 Å². The van der Waals surface area contributed by atoms with Crippen molar-refractivity contribution < 1.29 is 19.3 Å². The first-order chi connectivity index (χ1) is 12.0. The highest BCUT2D eigenvalue weighted by Gasteiger charge is 2.36. The molecular formula is C19H20N3O3+. The molecule has 0 saturated heterocycles. The molecular weight excluding hydrogens is 318 g/mol. The van der Waals surface area contributed by atoms with E-state index in [0.29, 0.717) is 30.0 Å². The minimum absolute atomic E-state index is 0.120. The van der Waals surface area contributed by atoms with Crippen LogP contribution in [-0.2, 0) is 11.3 Å². The normalized spacial score (nSPS) is 14.4. The number of carbonyl (C=O) groups is 3. The van der Waals surface area contributed by atoms with Gasteiger partial charge in [-0.2, -0.15) is 0 Å². The van der Waals surface area contributed by atoms with Crippen LogP contribution in [0.3, 0.4) is 0 Å². The van der Waals surface area contributed by atoms with Crippen LogP contribution >= 0.6 is 0 Å². The van der Waals surface area contributed by atoms with E-state index in [9.17, 15) is 14.4 Å². The zero-order valence-corrected chi connectivity index (χ0v) is 14.2. The summed E-state index contributed by atoms with van der Waals surface area (Å²) >= 11 is 0. The largest absolute Gasteiger partial charge is 0.355 e. The average Bonchev–Trinajstić information content (AvgIpc) is 2.87. The fraction of sp³-hybridized carbons (Fsp3) is 0.211. The van der Waals surface area contributed by atoms with Crippen LogP contribution in [0.15, 0.2) is 48.5 Å². The maximum Gasteiger partial charge on any atom is 0.303 e. The Morgan fingerprint density at radius 2 is 1.76 bits per heavy atom. The van der Waals surface area contributed by atoms with Crippen molar-refractivity contribution in [2.45, 2.75) is 6.54 Å². The minimum Gasteiger partial charge on any atom is -0.355 e. The first-order valence-corrected chi connectivity index (χ1v) is 8.09. The van der Waals surface area contributed by atoms with Gasteiger partial charge in [-0.05, 0) is 24.3 Å². The van der Waals surface area contributed by atoms with Crippen molar-refractivity contribution in [2.75, 3.05) is 25.7 Å². The zero-order chi connectivity index (χ0) is 18.0. The van der Waals surface area contributed by atoms with E-state index in [-0.39, 0.29) is 5.91 Å². The van der Waals surface area contributed by atoms with E-state index in [0.717, 1.165) is 10.5 Å². The second kappa shape index (κ2) is 6.86. The molecule has 0 spiro atoms. The van der Waals surface area contributed by atoms with Gasteiger partial charge in [0.2, 0.25) is 0 Å². The van der Waals surface area contributed by atoms with Crippen molar-refractivity contribution in [1.29, 1.82) is 0 Å². The van der Waals surface area contributed by atoms with Gasteiger partial charge in [0.15, 0.2) is 6.67 Å². The molecule has 6 heteroatoms. The molecule has 0 aromatic heterocycles. The Balaban J connectivity index is 1.69. The molecule has 0 bridgehead atoms. The predicted octanol–water partition coefficient (Wildman–Crippen LogP) is 0.248. The Morgan fingerprint density at radius 1 is 1.08 bits per heavy atom. The third kappa shape index (κ3) is 3.29. The summed E-state index contributed by atoms with van der Waals surface area (Å²) < 4.78 is 0. The maximum atomic E-state index is 12.2. The van der Waals surface area contributed by atoms with Gasteiger partial charge in [0.05, 0.1) is 18.3 Å². The van der Waals surface area contributed by atoms with E-state index in [1.807, 2.05) is 25.2 Å². The summed E-state index contributed by atoms with van der Waals surface area (Å²) in [5.74, 6) is -1.04. The maximum absolute atomic E-state index is 12.2. The highest BCUT2D eigenvalue weighted by atomic mass is 16.2. The van der Waals surface area contributed by atoms with Crippen LogP contribution in [0, 0.1) is 0 Å². The molecule has 128 valence electrons. The van der Waals surface area contributed by atoms with E-state index in [1.165, 1.54) is 4.90 Å². The number of rotatable bonds is 5. The number of quaternary nitrogens is 1. The third-order valence-corrected chi connectivity index (χ3v) is 4.26. The molecule has 1 unspecified atom stereocenters. The van der Waals surface area contributed by atoms with Gasteiger partial charge in [0, 0.05) is 18.2 Å². The van der Waals surface area contributed by atoms with E-state index < -0.39 is 11.7 Å². The van der Waals surface area contributed by atoms with Crippen LogP contribution in [0.1, 0.15) is 26.3 Å². The van der Waals surface area contributed by atoms with Crippen molar-refractivity contribution in [2.24, 2.45) is 0 Å². The molecule has 3 rings (SSSR count).